The molecule has 2 heterocycles. The molecule has 2 bridgehead atoms. The third kappa shape index (κ3) is 9.75. The number of hydrogen-bond donors (Lipinski definition) is 4. The fourth-order valence-electron chi connectivity index (χ4n) is 2.61. The number of nitrogens with zero attached hydrogens (tertiary/aromatic N) is 1. The second-order valence-corrected chi connectivity index (χ2v) is 5.73. The smallest absolute Gasteiger partial charge is 1.00 e. The summed E-state index contributed by atoms with van der Waals surface area (Å²) in [6.07, 6.45) is 7.76. The van der Waals surface area contributed by atoms with Crippen LogP contribution in [0.2, 0.25) is 0 Å². The normalized spacial score (nSPS) is 25.9. The van der Waals surface area contributed by atoms with Gasteiger partial charge in [-0.15, -0.1) is 0 Å². The molecule has 2 aliphatic heterocycles. The maximum absolute atomic E-state index is 9.18. The number of fused-ring (bicyclic) bond motifs is 2. The minimum Gasteiger partial charge on any atom is -1.00 e. The predicted octanol–water partition coefficient (Wildman–Crippen LogP) is -7.31. The molecule has 16 heteroatoms. The fraction of sp³-hybridized carbons (Fsp3) is 0.333. The maximum atomic E-state index is 9.18. The Morgan fingerprint density at radius 1 is 0.714 bits per heavy atom. The third-order valence-corrected chi connectivity index (χ3v) is 3.56. The van der Waals surface area contributed by atoms with E-state index in [4.69, 9.17) is 10.0 Å². The minimum absolute atomic E-state index is 0. The molecule has 2 saturated heterocycles. The molecule has 0 amide bonds. The molecule has 10 nitrogen and oxygen atoms in total. The zero-order chi connectivity index (χ0) is 19.8. The maximum Gasteiger partial charge on any atom is 1.00 e. The van der Waals surface area contributed by atoms with E-state index in [1.165, 1.54) is 0 Å². The van der Waals surface area contributed by atoms with E-state index in [1.807, 2.05) is 24.3 Å². The molecule has 148 valence electrons. The van der Waals surface area contributed by atoms with Gasteiger partial charge in [-0.25, -0.2) is 0 Å². The van der Waals surface area contributed by atoms with Crippen LogP contribution >= 0.6 is 0 Å². The number of hydrogen-bond acceptors (Lipinski definition) is 9. The van der Waals surface area contributed by atoms with Crippen LogP contribution in [0.1, 0.15) is 2.85 Å². The summed E-state index contributed by atoms with van der Waals surface area (Å²) in [6.45, 7) is 11.9. The third-order valence-electron chi connectivity index (χ3n) is 3.56. The van der Waals surface area contributed by atoms with Gasteiger partial charge in [0.2, 0.25) is 0 Å². The van der Waals surface area contributed by atoms with Gasteiger partial charge in [0.1, 0.15) is 0 Å². The van der Waals surface area contributed by atoms with Crippen molar-refractivity contribution in [2.75, 3.05) is 26.2 Å². The molecule has 2 aliphatic rings. The van der Waals surface area contributed by atoms with Gasteiger partial charge in [0.25, 0.3) is 0 Å². The summed E-state index contributed by atoms with van der Waals surface area (Å²) in [6, 6.07) is 0. The minimum atomic E-state index is -3.45. The van der Waals surface area contributed by atoms with Crippen LogP contribution in [0.3, 0.4) is 0 Å². The monoisotopic (exact) mass is 418 g/mol. The molecule has 0 aromatic rings. The topological polar surface area (TPSA) is 127 Å². The van der Waals surface area contributed by atoms with Gasteiger partial charge < -0.3 is 50.3 Å². The average molecular weight is 418 g/mol. The fourth-order valence-corrected chi connectivity index (χ4v) is 2.61. The molecule has 2 fully saturated rings. The van der Waals surface area contributed by atoms with E-state index in [9.17, 15) is 10.0 Å². The van der Waals surface area contributed by atoms with Crippen molar-refractivity contribution < 1.29 is 109 Å². The first-order valence-electron chi connectivity index (χ1n) is 7.92. The summed E-state index contributed by atoms with van der Waals surface area (Å²) in [7, 11) is -3.92. The largest absolute Gasteiger partial charge is 1.00 e. The van der Waals surface area contributed by atoms with Crippen molar-refractivity contribution in [2.24, 2.45) is 0 Å². The molecule has 4 N–H and O–H groups in total. The first kappa shape index (κ1) is 31.0. The molecule has 2 rings (SSSR count). The van der Waals surface area contributed by atoms with Crippen LogP contribution in [0, 0.1) is 0 Å². The second-order valence-electron chi connectivity index (χ2n) is 5.73. The van der Waals surface area contributed by atoms with Crippen LogP contribution in [-0.2, 0) is 22.9 Å². The molecular weight excluding hydrogens is 391 g/mol. The standard InChI is InChI=1S/C12H20N.B4H4O9.2Na.2H/c1-5-9-13(10-6-2,11-7-3)12-8-4;5-1-9-3(7)11-2(6)12-4(8,10-1)13-3;;;;/h5-8H,1-4,9-12H2;5-8H;;;;/q+1;-2;2*+1;2*-1. The summed E-state index contributed by atoms with van der Waals surface area (Å²) in [5, 5.41) is 35.9. The molecule has 0 radical (unpaired) electrons. The van der Waals surface area contributed by atoms with Crippen LogP contribution in [0.25, 0.3) is 0 Å². The van der Waals surface area contributed by atoms with Crippen molar-refractivity contribution in [1.82, 2.24) is 0 Å². The van der Waals surface area contributed by atoms with Gasteiger partial charge in [-0.1, -0.05) is 26.3 Å². The molecule has 0 saturated carbocycles. The Balaban J connectivity index is -0.000000199. The van der Waals surface area contributed by atoms with Gasteiger partial charge in [0, 0.05) is 0 Å². The van der Waals surface area contributed by atoms with Crippen LogP contribution in [0.15, 0.2) is 50.6 Å². The van der Waals surface area contributed by atoms with Gasteiger partial charge in [0.15, 0.2) is 0 Å². The predicted molar refractivity (Wildman–Crippen MR) is 100 cm³/mol. The van der Waals surface area contributed by atoms with E-state index in [0.29, 0.717) is 0 Å². The SMILES string of the molecule is C=CC[N+](CC=C)(CC=C)CC=C.OB1O[B-]2(O)OB(O)O[B-](O)(O1)O2.[H-].[H-].[Na+].[Na+]. The van der Waals surface area contributed by atoms with E-state index >= 15 is 0 Å². The van der Waals surface area contributed by atoms with Crippen LogP contribution < -0.4 is 59.1 Å². The molecule has 0 aromatic carbocycles. The first-order chi connectivity index (χ1) is 12.2. The Bertz CT molecular complexity index is 464. The summed E-state index contributed by atoms with van der Waals surface area (Å²) in [5.41, 5.74) is 0. The Morgan fingerprint density at radius 2 is 0.964 bits per heavy atom. The van der Waals surface area contributed by atoms with Crippen molar-refractivity contribution in [1.29, 1.82) is 0 Å². The van der Waals surface area contributed by atoms with E-state index in [2.05, 4.69) is 49.2 Å². The van der Waals surface area contributed by atoms with E-state index in [-0.39, 0.29) is 62.0 Å². The van der Waals surface area contributed by atoms with E-state index in [0.717, 1.165) is 30.7 Å². The van der Waals surface area contributed by atoms with Gasteiger partial charge >= 0.3 is 87.7 Å². The van der Waals surface area contributed by atoms with E-state index < -0.39 is 28.6 Å². The van der Waals surface area contributed by atoms with Crippen molar-refractivity contribution in [3.63, 3.8) is 0 Å². The second kappa shape index (κ2) is 14.0. The van der Waals surface area contributed by atoms with Gasteiger partial charge in [-0.3, -0.25) is 0 Å². The van der Waals surface area contributed by atoms with Crippen LogP contribution in [-0.4, -0.2) is 79.3 Å². The Hall–Kier alpha value is 0.820. The molecule has 28 heavy (non-hydrogen) atoms. The molecule has 0 spiro atoms. The molecule has 0 aromatic heterocycles. The van der Waals surface area contributed by atoms with Gasteiger partial charge in [-0.2, -0.15) is 0 Å². The van der Waals surface area contributed by atoms with Crippen molar-refractivity contribution in [3.8, 4) is 0 Å². The molecule has 0 atom stereocenters. The van der Waals surface area contributed by atoms with Crippen molar-refractivity contribution in [3.05, 3.63) is 50.6 Å². The Kier molecular flexibility index (Phi) is 15.5. The summed E-state index contributed by atoms with van der Waals surface area (Å²) >= 11 is 0. The zero-order valence-electron chi connectivity index (χ0n) is 18.6. The average Bonchev–Trinajstić information content (AvgIpc) is 2.45. The van der Waals surface area contributed by atoms with Crippen molar-refractivity contribution in [2.45, 2.75) is 0 Å². The van der Waals surface area contributed by atoms with Gasteiger partial charge in [0.05, 0.1) is 26.2 Å². The Morgan fingerprint density at radius 3 is 1.18 bits per heavy atom. The summed E-state index contributed by atoms with van der Waals surface area (Å²) in [5.74, 6) is 0. The van der Waals surface area contributed by atoms with E-state index in [1.54, 1.807) is 0 Å². The van der Waals surface area contributed by atoms with Crippen LogP contribution in [0.5, 0.6) is 0 Å². The van der Waals surface area contributed by atoms with Gasteiger partial charge in [-0.05, 0) is 24.3 Å². The van der Waals surface area contributed by atoms with Crippen LogP contribution in [0.4, 0.5) is 0 Å². The molecule has 0 unspecified atom stereocenters. The number of rotatable bonds is 8. The number of quaternary nitrogens is 1. The molecular formula is C12H26B4NNa2O9-. The first-order valence-corrected chi connectivity index (χ1v) is 7.92. The summed E-state index contributed by atoms with van der Waals surface area (Å²) < 4.78 is 22.0. The quantitative estimate of drug-likeness (QED) is 0.173. The van der Waals surface area contributed by atoms with Crippen molar-refractivity contribution >= 4 is 28.6 Å². The molecule has 0 aliphatic carbocycles. The Labute approximate surface area is 213 Å². The summed E-state index contributed by atoms with van der Waals surface area (Å²) in [4.78, 5) is 0. The zero-order valence-corrected chi connectivity index (χ0v) is 20.6.